The SMILES string of the molecule is CC(=O)c1ccccc1NC(=O)c1ccc(C(F)(F)F)nc1C. The summed E-state index contributed by atoms with van der Waals surface area (Å²) in [5.41, 5.74) is -0.479. The largest absolute Gasteiger partial charge is 0.433 e. The fraction of sp³-hybridized carbons (Fsp3) is 0.188. The molecule has 0 aliphatic carbocycles. The van der Waals surface area contributed by atoms with E-state index in [1.54, 1.807) is 24.3 Å². The fourth-order valence-corrected chi connectivity index (χ4v) is 2.05. The molecule has 0 atom stereocenters. The van der Waals surface area contributed by atoms with Gasteiger partial charge in [0, 0.05) is 5.56 Å². The molecule has 1 aromatic carbocycles. The van der Waals surface area contributed by atoms with E-state index in [0.29, 0.717) is 11.3 Å². The average Bonchev–Trinajstić information content (AvgIpc) is 2.46. The van der Waals surface area contributed by atoms with Gasteiger partial charge >= 0.3 is 6.18 Å². The van der Waals surface area contributed by atoms with Crippen molar-refractivity contribution in [2.45, 2.75) is 20.0 Å². The first kappa shape index (κ1) is 16.7. The first-order valence-corrected chi connectivity index (χ1v) is 6.66. The topological polar surface area (TPSA) is 59.1 Å². The summed E-state index contributed by atoms with van der Waals surface area (Å²) >= 11 is 0. The predicted octanol–water partition coefficient (Wildman–Crippen LogP) is 3.86. The molecule has 0 saturated heterocycles. The highest BCUT2D eigenvalue weighted by Crippen LogP contribution is 2.28. The highest BCUT2D eigenvalue weighted by molar-refractivity contribution is 6.09. The standard InChI is InChI=1S/C16H13F3N2O2/c1-9-11(7-8-14(20-9)16(17,18)19)15(23)21-13-6-4-3-5-12(13)10(2)22/h3-8H,1-2H3,(H,21,23). The molecule has 1 heterocycles. The Morgan fingerprint density at radius 1 is 1.04 bits per heavy atom. The van der Waals surface area contributed by atoms with E-state index in [9.17, 15) is 22.8 Å². The molecule has 0 aliphatic heterocycles. The number of nitrogens with one attached hydrogen (secondary N) is 1. The van der Waals surface area contributed by atoms with Crippen LogP contribution < -0.4 is 5.32 Å². The molecule has 120 valence electrons. The summed E-state index contributed by atoms with van der Waals surface area (Å²) in [6, 6.07) is 8.20. The molecule has 0 saturated carbocycles. The molecule has 1 N–H and O–H groups in total. The number of aryl methyl sites for hydroxylation is 1. The van der Waals surface area contributed by atoms with Crippen LogP contribution in [0.15, 0.2) is 36.4 Å². The summed E-state index contributed by atoms with van der Waals surface area (Å²) in [6.07, 6.45) is -4.57. The number of benzene rings is 1. The molecular formula is C16H13F3N2O2. The minimum absolute atomic E-state index is 0.0105. The maximum atomic E-state index is 12.6. The highest BCUT2D eigenvalue weighted by atomic mass is 19.4. The third kappa shape index (κ3) is 3.74. The van der Waals surface area contributed by atoms with Crippen LogP contribution in [0.2, 0.25) is 0 Å². The molecule has 0 radical (unpaired) electrons. The Kier molecular flexibility index (Phi) is 4.49. The number of aromatic nitrogens is 1. The van der Waals surface area contributed by atoms with E-state index in [0.717, 1.165) is 12.1 Å². The van der Waals surface area contributed by atoms with Gasteiger partial charge in [-0.25, -0.2) is 4.98 Å². The zero-order chi connectivity index (χ0) is 17.2. The van der Waals surface area contributed by atoms with Gasteiger partial charge in [-0.2, -0.15) is 13.2 Å². The van der Waals surface area contributed by atoms with Crippen molar-refractivity contribution in [2.24, 2.45) is 0 Å². The van der Waals surface area contributed by atoms with Gasteiger partial charge in [-0.1, -0.05) is 12.1 Å². The van der Waals surface area contributed by atoms with Crippen LogP contribution in [-0.4, -0.2) is 16.7 Å². The second-order valence-corrected chi connectivity index (χ2v) is 4.88. The van der Waals surface area contributed by atoms with Gasteiger partial charge in [0.1, 0.15) is 5.69 Å². The number of carbonyl (C=O) groups excluding carboxylic acids is 2. The van der Waals surface area contributed by atoms with Gasteiger partial charge in [-0.05, 0) is 38.1 Å². The fourth-order valence-electron chi connectivity index (χ4n) is 2.05. The summed E-state index contributed by atoms with van der Waals surface area (Å²) in [6.45, 7) is 2.68. The molecule has 4 nitrogen and oxygen atoms in total. The summed E-state index contributed by atoms with van der Waals surface area (Å²) in [4.78, 5) is 27.2. The Morgan fingerprint density at radius 3 is 2.26 bits per heavy atom. The molecule has 1 amide bonds. The van der Waals surface area contributed by atoms with Crippen LogP contribution in [0.25, 0.3) is 0 Å². The molecule has 0 fully saturated rings. The number of hydrogen-bond donors (Lipinski definition) is 1. The molecule has 7 heteroatoms. The lowest BCUT2D eigenvalue weighted by Crippen LogP contribution is -2.17. The van der Waals surface area contributed by atoms with Gasteiger partial charge in [0.2, 0.25) is 0 Å². The van der Waals surface area contributed by atoms with Crippen molar-refractivity contribution in [2.75, 3.05) is 5.32 Å². The lowest BCUT2D eigenvalue weighted by Gasteiger charge is -2.12. The average molecular weight is 322 g/mol. The van der Waals surface area contributed by atoms with E-state index in [1.807, 2.05) is 0 Å². The van der Waals surface area contributed by atoms with Crippen LogP contribution in [0, 0.1) is 6.92 Å². The Labute approximate surface area is 130 Å². The van der Waals surface area contributed by atoms with E-state index in [2.05, 4.69) is 10.3 Å². The van der Waals surface area contributed by atoms with Crippen LogP contribution in [0.3, 0.4) is 0 Å². The van der Waals surface area contributed by atoms with Gasteiger partial charge in [-0.3, -0.25) is 9.59 Å². The van der Waals surface area contributed by atoms with Crippen molar-refractivity contribution in [3.8, 4) is 0 Å². The smallest absolute Gasteiger partial charge is 0.321 e. The number of pyridine rings is 1. The lowest BCUT2D eigenvalue weighted by atomic mass is 10.1. The van der Waals surface area contributed by atoms with E-state index in [-0.39, 0.29) is 17.0 Å². The molecule has 0 spiro atoms. The van der Waals surface area contributed by atoms with Crippen molar-refractivity contribution in [1.29, 1.82) is 0 Å². The maximum Gasteiger partial charge on any atom is 0.433 e. The van der Waals surface area contributed by atoms with Crippen molar-refractivity contribution >= 4 is 17.4 Å². The van der Waals surface area contributed by atoms with Gasteiger partial charge in [-0.15, -0.1) is 0 Å². The van der Waals surface area contributed by atoms with Crippen LogP contribution in [-0.2, 0) is 6.18 Å². The third-order valence-corrected chi connectivity index (χ3v) is 3.18. The van der Waals surface area contributed by atoms with Crippen LogP contribution in [0.4, 0.5) is 18.9 Å². The van der Waals surface area contributed by atoms with Crippen molar-refractivity contribution in [1.82, 2.24) is 4.98 Å². The first-order valence-electron chi connectivity index (χ1n) is 6.66. The minimum atomic E-state index is -4.57. The van der Waals surface area contributed by atoms with Gasteiger partial charge < -0.3 is 5.32 Å². The second kappa shape index (κ2) is 6.20. The van der Waals surface area contributed by atoms with Gasteiger partial charge in [0.05, 0.1) is 16.9 Å². The summed E-state index contributed by atoms with van der Waals surface area (Å²) < 4.78 is 37.8. The molecule has 0 bridgehead atoms. The number of carbonyl (C=O) groups is 2. The summed E-state index contributed by atoms with van der Waals surface area (Å²) in [5, 5.41) is 2.53. The Hall–Kier alpha value is -2.70. The number of alkyl halides is 3. The molecule has 0 aliphatic rings. The van der Waals surface area contributed by atoms with E-state index in [1.165, 1.54) is 13.8 Å². The maximum absolute atomic E-state index is 12.6. The van der Waals surface area contributed by atoms with E-state index in [4.69, 9.17) is 0 Å². The molecule has 23 heavy (non-hydrogen) atoms. The van der Waals surface area contributed by atoms with E-state index < -0.39 is 17.8 Å². The normalized spacial score (nSPS) is 11.2. The Morgan fingerprint density at radius 2 is 1.70 bits per heavy atom. The Bertz CT molecular complexity index is 770. The number of para-hydroxylation sites is 1. The molecule has 2 aromatic rings. The minimum Gasteiger partial charge on any atom is -0.321 e. The van der Waals surface area contributed by atoms with Gasteiger partial charge in [0.15, 0.2) is 5.78 Å². The number of Topliss-reactive ketones (excluding diaryl/α,β-unsaturated/α-hetero) is 1. The van der Waals surface area contributed by atoms with Crippen LogP contribution in [0.5, 0.6) is 0 Å². The quantitative estimate of drug-likeness (QED) is 0.873. The molecule has 2 rings (SSSR count). The monoisotopic (exact) mass is 322 g/mol. The number of nitrogens with zero attached hydrogens (tertiary/aromatic N) is 1. The third-order valence-electron chi connectivity index (χ3n) is 3.18. The predicted molar refractivity (Wildman–Crippen MR) is 78.4 cm³/mol. The van der Waals surface area contributed by atoms with Gasteiger partial charge in [0.25, 0.3) is 5.91 Å². The number of rotatable bonds is 3. The highest BCUT2D eigenvalue weighted by Gasteiger charge is 2.33. The molecule has 1 aromatic heterocycles. The Balaban J connectivity index is 2.31. The zero-order valence-corrected chi connectivity index (χ0v) is 12.4. The van der Waals surface area contributed by atoms with E-state index >= 15 is 0 Å². The summed E-state index contributed by atoms with van der Waals surface area (Å²) in [5.74, 6) is -0.861. The summed E-state index contributed by atoms with van der Waals surface area (Å²) in [7, 11) is 0. The number of anilines is 1. The number of halogens is 3. The number of ketones is 1. The lowest BCUT2D eigenvalue weighted by molar-refractivity contribution is -0.141. The first-order chi connectivity index (χ1) is 10.7. The number of hydrogen-bond acceptors (Lipinski definition) is 3. The van der Waals surface area contributed by atoms with Crippen molar-refractivity contribution in [3.63, 3.8) is 0 Å². The van der Waals surface area contributed by atoms with Crippen LogP contribution in [0.1, 0.15) is 39.0 Å². The van der Waals surface area contributed by atoms with Crippen molar-refractivity contribution < 1.29 is 22.8 Å². The van der Waals surface area contributed by atoms with Crippen LogP contribution >= 0.6 is 0 Å². The second-order valence-electron chi connectivity index (χ2n) is 4.88. The molecule has 0 unspecified atom stereocenters. The van der Waals surface area contributed by atoms with Crippen molar-refractivity contribution in [3.05, 3.63) is 58.9 Å². The number of amides is 1. The zero-order valence-electron chi connectivity index (χ0n) is 12.4. The molecular weight excluding hydrogens is 309 g/mol.